The van der Waals surface area contributed by atoms with E-state index in [1.54, 1.807) is 13.2 Å². The summed E-state index contributed by atoms with van der Waals surface area (Å²) in [7, 11) is 1.56. The van der Waals surface area contributed by atoms with Crippen LogP contribution in [0.1, 0.15) is 57.4 Å². The van der Waals surface area contributed by atoms with E-state index in [2.05, 4.69) is 47.0 Å². The molecular weight excluding hydrogens is 488 g/mol. The number of hydrogen-bond acceptors (Lipinski definition) is 5. The topological polar surface area (TPSA) is 106 Å². The zero-order chi connectivity index (χ0) is 27.4. The standard InChI is InChI=1S/C32H38N4O3/c1-21(22-11-15-27(16-12-22)39-31(38)34-2)30(37)36-26-19-28(23-7-4-3-5-8-23)29(35-20-26)24-9-13-25(14-10-24)32(33)17-6-18-32/h3-5,7-10,13-14,19-22,27H,6,11-12,15-18,33H2,1-2H3,(H,34,38)(H,36,37)/t21?,22-,27-. The van der Waals surface area contributed by atoms with Gasteiger partial charge in [0.1, 0.15) is 6.10 Å². The second kappa shape index (κ2) is 11.6. The summed E-state index contributed by atoms with van der Waals surface area (Å²) in [6.07, 6.45) is 7.73. The van der Waals surface area contributed by atoms with E-state index >= 15 is 0 Å². The van der Waals surface area contributed by atoms with Gasteiger partial charge in [-0.25, -0.2) is 4.79 Å². The molecule has 0 radical (unpaired) electrons. The normalized spacial score (nSPS) is 20.8. The predicted molar refractivity (Wildman–Crippen MR) is 154 cm³/mol. The molecule has 0 bridgehead atoms. The monoisotopic (exact) mass is 526 g/mol. The van der Waals surface area contributed by atoms with Gasteiger partial charge >= 0.3 is 6.09 Å². The van der Waals surface area contributed by atoms with E-state index in [-0.39, 0.29) is 29.4 Å². The molecule has 204 valence electrons. The molecule has 0 aliphatic heterocycles. The number of carbonyl (C=O) groups excluding carboxylic acids is 2. The van der Waals surface area contributed by atoms with Gasteiger partial charge in [0.2, 0.25) is 5.91 Å². The number of nitrogens with two attached hydrogens (primary N) is 1. The van der Waals surface area contributed by atoms with Gasteiger partial charge in [-0.1, -0.05) is 61.5 Å². The first-order valence-electron chi connectivity index (χ1n) is 14.0. The lowest BCUT2D eigenvalue weighted by atomic mass is 9.72. The van der Waals surface area contributed by atoms with E-state index in [9.17, 15) is 9.59 Å². The van der Waals surface area contributed by atoms with E-state index in [4.69, 9.17) is 15.5 Å². The molecule has 39 heavy (non-hydrogen) atoms. The minimum Gasteiger partial charge on any atom is -0.446 e. The molecule has 1 heterocycles. The molecule has 2 fully saturated rings. The molecule has 2 aliphatic rings. The average molecular weight is 527 g/mol. The molecular formula is C32H38N4O3. The second-order valence-electron chi connectivity index (χ2n) is 11.0. The number of nitrogens with zero attached hydrogens (tertiary/aromatic N) is 1. The highest BCUT2D eigenvalue weighted by atomic mass is 16.6. The van der Waals surface area contributed by atoms with Gasteiger partial charge in [-0.05, 0) is 68.1 Å². The van der Waals surface area contributed by atoms with Crippen molar-refractivity contribution in [3.05, 3.63) is 72.4 Å². The van der Waals surface area contributed by atoms with Crippen LogP contribution in [-0.4, -0.2) is 30.1 Å². The lowest BCUT2D eigenvalue weighted by molar-refractivity contribution is -0.121. The number of hydrogen-bond donors (Lipinski definition) is 3. The van der Waals surface area contributed by atoms with E-state index in [0.717, 1.165) is 60.9 Å². The van der Waals surface area contributed by atoms with Crippen molar-refractivity contribution >= 4 is 17.7 Å². The van der Waals surface area contributed by atoms with Crippen molar-refractivity contribution in [3.63, 3.8) is 0 Å². The first-order chi connectivity index (χ1) is 18.9. The summed E-state index contributed by atoms with van der Waals surface area (Å²) in [5.74, 6) is 0.0705. The van der Waals surface area contributed by atoms with E-state index in [1.807, 2.05) is 31.2 Å². The SMILES string of the molecule is CNC(=O)O[C@H]1CC[C@H](C(C)C(=O)Nc2cnc(-c3ccc(C4(N)CCC4)cc3)c(-c3ccccc3)c2)CC1. The van der Waals surface area contributed by atoms with E-state index in [0.29, 0.717) is 5.69 Å². The van der Waals surface area contributed by atoms with Crippen LogP contribution in [0, 0.1) is 11.8 Å². The minimum atomic E-state index is -0.396. The summed E-state index contributed by atoms with van der Waals surface area (Å²) in [5, 5.41) is 5.61. The Morgan fingerprint density at radius 3 is 2.31 bits per heavy atom. The first-order valence-corrected chi connectivity index (χ1v) is 14.0. The van der Waals surface area contributed by atoms with Crippen molar-refractivity contribution in [2.24, 2.45) is 17.6 Å². The number of alkyl carbamates (subject to hydrolysis) is 1. The van der Waals surface area contributed by atoms with Gasteiger partial charge in [0.05, 0.1) is 17.6 Å². The van der Waals surface area contributed by atoms with Crippen LogP contribution < -0.4 is 16.4 Å². The molecule has 2 aliphatic carbocycles. The highest BCUT2D eigenvalue weighted by Crippen LogP contribution is 2.40. The number of anilines is 1. The van der Waals surface area contributed by atoms with Crippen molar-refractivity contribution in [1.29, 1.82) is 0 Å². The highest BCUT2D eigenvalue weighted by Gasteiger charge is 2.34. The molecule has 2 aromatic carbocycles. The molecule has 2 saturated carbocycles. The number of ether oxygens (including phenoxy) is 1. The Hall–Kier alpha value is -3.71. The largest absolute Gasteiger partial charge is 0.446 e. The maximum Gasteiger partial charge on any atom is 0.407 e. The summed E-state index contributed by atoms with van der Waals surface area (Å²) in [4.78, 5) is 29.6. The Morgan fingerprint density at radius 2 is 1.69 bits per heavy atom. The Balaban J connectivity index is 1.32. The number of amides is 2. The molecule has 7 heteroatoms. The van der Waals surface area contributed by atoms with Gasteiger partial charge in [-0.2, -0.15) is 0 Å². The Morgan fingerprint density at radius 1 is 1.00 bits per heavy atom. The fraction of sp³-hybridized carbons (Fsp3) is 0.406. The van der Waals surface area contributed by atoms with Gasteiger partial charge < -0.3 is 21.1 Å². The van der Waals surface area contributed by atoms with E-state index < -0.39 is 6.09 Å². The van der Waals surface area contributed by atoms with Crippen molar-refractivity contribution in [1.82, 2.24) is 10.3 Å². The summed E-state index contributed by atoms with van der Waals surface area (Å²) in [6.45, 7) is 1.98. The van der Waals surface area contributed by atoms with Crippen LogP contribution in [0.15, 0.2) is 66.9 Å². The van der Waals surface area contributed by atoms with Crippen molar-refractivity contribution in [2.45, 2.75) is 63.5 Å². The molecule has 1 atom stereocenters. The smallest absolute Gasteiger partial charge is 0.407 e. The fourth-order valence-corrected chi connectivity index (χ4v) is 5.79. The van der Waals surface area contributed by atoms with Gasteiger partial charge in [-0.15, -0.1) is 0 Å². The summed E-state index contributed by atoms with van der Waals surface area (Å²) >= 11 is 0. The maximum atomic E-state index is 13.2. The second-order valence-corrected chi connectivity index (χ2v) is 11.0. The van der Waals surface area contributed by atoms with Crippen LogP contribution >= 0.6 is 0 Å². The molecule has 0 spiro atoms. The van der Waals surface area contributed by atoms with Gasteiger partial charge in [-0.3, -0.25) is 9.78 Å². The molecule has 2 amide bonds. The Kier molecular flexibility index (Phi) is 7.98. The zero-order valence-electron chi connectivity index (χ0n) is 22.8. The summed E-state index contributed by atoms with van der Waals surface area (Å²) < 4.78 is 5.39. The predicted octanol–water partition coefficient (Wildman–Crippen LogP) is 6.24. The highest BCUT2D eigenvalue weighted by molar-refractivity contribution is 5.94. The Labute approximate surface area is 230 Å². The zero-order valence-corrected chi connectivity index (χ0v) is 22.8. The van der Waals surface area contributed by atoms with Crippen LogP contribution in [0.25, 0.3) is 22.4 Å². The quantitative estimate of drug-likeness (QED) is 0.338. The summed E-state index contributed by atoms with van der Waals surface area (Å²) in [6, 6.07) is 20.6. The van der Waals surface area contributed by atoms with Crippen LogP contribution in [0.3, 0.4) is 0 Å². The van der Waals surface area contributed by atoms with Crippen molar-refractivity contribution in [3.8, 4) is 22.4 Å². The summed E-state index contributed by atoms with van der Waals surface area (Å²) in [5.41, 5.74) is 12.1. The van der Waals surface area contributed by atoms with Crippen LogP contribution in [0.2, 0.25) is 0 Å². The van der Waals surface area contributed by atoms with Crippen LogP contribution in [-0.2, 0) is 15.1 Å². The van der Waals surface area contributed by atoms with Gasteiger partial charge in [0.25, 0.3) is 0 Å². The van der Waals surface area contributed by atoms with Gasteiger partial charge in [0, 0.05) is 29.6 Å². The maximum absolute atomic E-state index is 13.2. The molecule has 4 N–H and O–H groups in total. The third kappa shape index (κ3) is 5.98. The fourth-order valence-electron chi connectivity index (χ4n) is 5.79. The van der Waals surface area contributed by atoms with Crippen molar-refractivity contribution in [2.75, 3.05) is 12.4 Å². The molecule has 7 nitrogen and oxygen atoms in total. The lowest BCUT2D eigenvalue weighted by Crippen LogP contribution is -2.43. The number of benzene rings is 2. The average Bonchev–Trinajstić information content (AvgIpc) is 2.96. The van der Waals surface area contributed by atoms with E-state index in [1.165, 1.54) is 12.0 Å². The number of carbonyl (C=O) groups is 2. The molecule has 3 aromatic rings. The number of nitrogens with one attached hydrogen (secondary N) is 2. The molecule has 5 rings (SSSR count). The molecule has 1 unspecified atom stereocenters. The van der Waals surface area contributed by atoms with Crippen LogP contribution in [0.5, 0.6) is 0 Å². The molecule has 1 aromatic heterocycles. The first kappa shape index (κ1) is 26.9. The minimum absolute atomic E-state index is 0.0164. The Bertz CT molecular complexity index is 1300. The third-order valence-electron chi connectivity index (χ3n) is 8.54. The number of aromatic nitrogens is 1. The number of rotatable bonds is 7. The van der Waals surface area contributed by atoms with Crippen molar-refractivity contribution < 1.29 is 14.3 Å². The third-order valence-corrected chi connectivity index (χ3v) is 8.54. The lowest BCUT2D eigenvalue weighted by Gasteiger charge is -2.38. The molecule has 0 saturated heterocycles. The van der Waals surface area contributed by atoms with Gasteiger partial charge in [0.15, 0.2) is 0 Å². The number of pyridine rings is 1. The van der Waals surface area contributed by atoms with Crippen LogP contribution in [0.4, 0.5) is 10.5 Å².